The standard InChI is InChI=1S/C13H20N4O4/c1-4-16-12(11(17(19)20)9(2)14-16)15-7-5-10(6-8-15)13(18)21-3/h10H,4-8H2,1-3H3. The zero-order valence-electron chi connectivity index (χ0n) is 12.5. The summed E-state index contributed by atoms with van der Waals surface area (Å²) in [6.45, 7) is 5.30. The van der Waals surface area contributed by atoms with Gasteiger partial charge in [-0.25, -0.2) is 4.68 Å². The highest BCUT2D eigenvalue weighted by Gasteiger charge is 2.33. The van der Waals surface area contributed by atoms with Gasteiger partial charge in [-0.05, 0) is 26.7 Å². The van der Waals surface area contributed by atoms with Crippen molar-refractivity contribution in [2.75, 3.05) is 25.1 Å². The molecular formula is C13H20N4O4. The summed E-state index contributed by atoms with van der Waals surface area (Å²) in [4.78, 5) is 24.4. The number of methoxy groups -OCH3 is 1. The van der Waals surface area contributed by atoms with Crippen molar-refractivity contribution in [2.45, 2.75) is 33.2 Å². The minimum absolute atomic E-state index is 0.0633. The molecule has 0 aliphatic carbocycles. The summed E-state index contributed by atoms with van der Waals surface area (Å²) in [6, 6.07) is 0. The molecule has 8 nitrogen and oxygen atoms in total. The highest BCUT2D eigenvalue weighted by molar-refractivity contribution is 5.73. The zero-order valence-corrected chi connectivity index (χ0v) is 12.5. The molecule has 0 bridgehead atoms. The van der Waals surface area contributed by atoms with Crippen LogP contribution >= 0.6 is 0 Å². The Balaban J connectivity index is 2.24. The highest BCUT2D eigenvalue weighted by atomic mass is 16.6. The second kappa shape index (κ2) is 6.11. The number of hydrogen-bond donors (Lipinski definition) is 0. The van der Waals surface area contributed by atoms with Crippen LogP contribution in [-0.2, 0) is 16.1 Å². The van der Waals surface area contributed by atoms with Gasteiger partial charge in [-0.3, -0.25) is 14.9 Å². The number of carbonyl (C=O) groups is 1. The van der Waals surface area contributed by atoms with E-state index >= 15 is 0 Å². The summed E-state index contributed by atoms with van der Waals surface area (Å²) in [5.41, 5.74) is 0.486. The van der Waals surface area contributed by atoms with E-state index in [9.17, 15) is 14.9 Å². The summed E-state index contributed by atoms with van der Waals surface area (Å²) in [7, 11) is 1.38. The molecule has 2 rings (SSSR count). The summed E-state index contributed by atoms with van der Waals surface area (Å²) >= 11 is 0. The van der Waals surface area contributed by atoms with Gasteiger partial charge < -0.3 is 9.64 Å². The number of nitrogens with zero attached hydrogens (tertiary/aromatic N) is 4. The number of aromatic nitrogens is 2. The van der Waals surface area contributed by atoms with Gasteiger partial charge in [-0.2, -0.15) is 5.10 Å². The molecule has 1 aliphatic heterocycles. The van der Waals surface area contributed by atoms with Crippen LogP contribution in [0.15, 0.2) is 0 Å². The number of carbonyl (C=O) groups excluding carboxylic acids is 1. The first-order valence-electron chi connectivity index (χ1n) is 7.04. The predicted molar refractivity (Wildman–Crippen MR) is 76.2 cm³/mol. The number of aryl methyl sites for hydroxylation is 2. The lowest BCUT2D eigenvalue weighted by Gasteiger charge is -2.31. The maximum Gasteiger partial charge on any atom is 0.333 e. The van der Waals surface area contributed by atoms with E-state index in [4.69, 9.17) is 4.74 Å². The molecule has 116 valence electrons. The van der Waals surface area contributed by atoms with Crippen molar-refractivity contribution in [1.82, 2.24) is 9.78 Å². The quantitative estimate of drug-likeness (QED) is 0.475. The van der Waals surface area contributed by atoms with Gasteiger partial charge in [0.2, 0.25) is 5.82 Å². The van der Waals surface area contributed by atoms with Crippen LogP contribution in [0, 0.1) is 23.0 Å². The Morgan fingerprint density at radius 1 is 1.48 bits per heavy atom. The second-order valence-electron chi connectivity index (χ2n) is 5.11. The molecule has 1 fully saturated rings. The first kappa shape index (κ1) is 15.3. The molecule has 0 aromatic carbocycles. The van der Waals surface area contributed by atoms with Gasteiger partial charge in [0.05, 0.1) is 18.0 Å². The fourth-order valence-corrected chi connectivity index (χ4v) is 2.80. The van der Waals surface area contributed by atoms with Crippen LogP contribution in [0.25, 0.3) is 0 Å². The van der Waals surface area contributed by atoms with Crippen molar-refractivity contribution in [3.05, 3.63) is 15.8 Å². The monoisotopic (exact) mass is 296 g/mol. The number of rotatable bonds is 4. The molecule has 0 N–H and O–H groups in total. The van der Waals surface area contributed by atoms with Crippen molar-refractivity contribution in [3.63, 3.8) is 0 Å². The van der Waals surface area contributed by atoms with Crippen LogP contribution < -0.4 is 4.90 Å². The average Bonchev–Trinajstić information content (AvgIpc) is 2.83. The smallest absolute Gasteiger partial charge is 0.333 e. The fraction of sp³-hybridized carbons (Fsp3) is 0.692. The van der Waals surface area contributed by atoms with Crippen molar-refractivity contribution in [2.24, 2.45) is 5.92 Å². The molecule has 0 atom stereocenters. The Hall–Kier alpha value is -2.12. The minimum Gasteiger partial charge on any atom is -0.469 e. The Bertz CT molecular complexity index is 547. The minimum atomic E-state index is -0.379. The maximum atomic E-state index is 11.5. The molecule has 8 heteroatoms. The molecule has 0 unspecified atom stereocenters. The van der Waals surface area contributed by atoms with Crippen LogP contribution in [0.2, 0.25) is 0 Å². The van der Waals surface area contributed by atoms with Crippen molar-refractivity contribution in [1.29, 1.82) is 0 Å². The van der Waals surface area contributed by atoms with E-state index in [1.807, 2.05) is 11.8 Å². The summed E-state index contributed by atoms with van der Waals surface area (Å²) < 4.78 is 6.42. The summed E-state index contributed by atoms with van der Waals surface area (Å²) in [6.07, 6.45) is 1.27. The van der Waals surface area contributed by atoms with Gasteiger partial charge >= 0.3 is 11.7 Å². The Morgan fingerprint density at radius 2 is 2.10 bits per heavy atom. The zero-order chi connectivity index (χ0) is 15.6. The van der Waals surface area contributed by atoms with E-state index in [-0.39, 0.29) is 22.5 Å². The first-order valence-corrected chi connectivity index (χ1v) is 7.04. The van der Waals surface area contributed by atoms with Crippen LogP contribution in [0.5, 0.6) is 0 Å². The SMILES string of the molecule is CCn1nc(C)c([N+](=O)[O-])c1N1CCC(C(=O)OC)CC1. The third kappa shape index (κ3) is 2.84. The maximum absolute atomic E-state index is 11.5. The van der Waals surface area contributed by atoms with Crippen LogP contribution in [0.3, 0.4) is 0 Å². The predicted octanol–water partition coefficient (Wildman–Crippen LogP) is 1.51. The van der Waals surface area contributed by atoms with E-state index in [1.165, 1.54) is 7.11 Å². The second-order valence-corrected chi connectivity index (χ2v) is 5.11. The lowest BCUT2D eigenvalue weighted by atomic mass is 9.97. The summed E-state index contributed by atoms with van der Waals surface area (Å²) in [5.74, 6) is 0.219. The number of piperidine rings is 1. The molecule has 1 aromatic rings. The number of hydrogen-bond acceptors (Lipinski definition) is 6. The third-order valence-electron chi connectivity index (χ3n) is 3.88. The number of ether oxygens (including phenoxy) is 1. The Kier molecular flexibility index (Phi) is 4.44. The van der Waals surface area contributed by atoms with Gasteiger partial charge in [0.1, 0.15) is 5.69 Å². The number of anilines is 1. The van der Waals surface area contributed by atoms with Crippen molar-refractivity contribution in [3.8, 4) is 0 Å². The van der Waals surface area contributed by atoms with E-state index < -0.39 is 0 Å². The molecule has 0 radical (unpaired) electrons. The largest absolute Gasteiger partial charge is 0.469 e. The lowest BCUT2D eigenvalue weighted by Crippen LogP contribution is -2.38. The van der Waals surface area contributed by atoms with Crippen LogP contribution in [0.1, 0.15) is 25.5 Å². The average molecular weight is 296 g/mol. The molecule has 1 saturated heterocycles. The van der Waals surface area contributed by atoms with E-state index in [0.717, 1.165) is 0 Å². The van der Waals surface area contributed by atoms with Gasteiger partial charge in [0.25, 0.3) is 0 Å². The molecule has 1 aromatic heterocycles. The molecule has 0 spiro atoms. The van der Waals surface area contributed by atoms with E-state index in [2.05, 4.69) is 5.10 Å². The fourth-order valence-electron chi connectivity index (χ4n) is 2.80. The Labute approximate surface area is 122 Å². The topological polar surface area (TPSA) is 90.5 Å². The van der Waals surface area contributed by atoms with E-state index in [1.54, 1.807) is 11.6 Å². The van der Waals surface area contributed by atoms with Crippen LogP contribution in [0.4, 0.5) is 11.5 Å². The molecule has 0 saturated carbocycles. The molecular weight excluding hydrogens is 276 g/mol. The van der Waals surface area contributed by atoms with Gasteiger partial charge in [0.15, 0.2) is 0 Å². The molecule has 21 heavy (non-hydrogen) atoms. The number of esters is 1. The Morgan fingerprint density at radius 3 is 2.57 bits per heavy atom. The summed E-state index contributed by atoms with van der Waals surface area (Å²) in [5, 5.41) is 15.5. The normalized spacial score (nSPS) is 16.0. The van der Waals surface area contributed by atoms with Gasteiger partial charge in [-0.15, -0.1) is 0 Å². The molecule has 0 amide bonds. The van der Waals surface area contributed by atoms with Gasteiger partial charge in [-0.1, -0.05) is 0 Å². The third-order valence-corrected chi connectivity index (χ3v) is 3.88. The van der Waals surface area contributed by atoms with Gasteiger partial charge in [0, 0.05) is 19.6 Å². The highest BCUT2D eigenvalue weighted by Crippen LogP contribution is 2.34. The number of nitro groups is 1. The van der Waals surface area contributed by atoms with Crippen molar-refractivity contribution < 1.29 is 14.5 Å². The molecule has 2 heterocycles. The molecule has 1 aliphatic rings. The van der Waals surface area contributed by atoms with Crippen LogP contribution in [-0.4, -0.2) is 40.9 Å². The van der Waals surface area contributed by atoms with E-state index in [0.29, 0.717) is 44.0 Å². The first-order chi connectivity index (χ1) is 9.99. The van der Waals surface area contributed by atoms with Crippen molar-refractivity contribution >= 4 is 17.5 Å². The lowest BCUT2D eigenvalue weighted by molar-refractivity contribution is -0.384.